The maximum atomic E-state index is 13.0. The van der Waals surface area contributed by atoms with E-state index in [2.05, 4.69) is 21.2 Å². The Morgan fingerprint density at radius 2 is 2.05 bits per heavy atom. The number of nitrogens with one attached hydrogen (secondary N) is 1. The summed E-state index contributed by atoms with van der Waals surface area (Å²) in [5, 5.41) is 3.86. The summed E-state index contributed by atoms with van der Waals surface area (Å²) in [5.41, 5.74) is 1.75. The molecule has 2 aromatic rings. The molecule has 0 bridgehead atoms. The summed E-state index contributed by atoms with van der Waals surface area (Å²) < 4.78 is 18.9. The number of ether oxygens (including phenoxy) is 1. The molecule has 0 aliphatic heterocycles. The Kier molecular flexibility index (Phi) is 4.66. The lowest BCUT2D eigenvalue weighted by Crippen LogP contribution is -2.02. The van der Waals surface area contributed by atoms with Gasteiger partial charge in [0.1, 0.15) is 11.6 Å². The molecule has 0 saturated heterocycles. The Morgan fingerprint density at radius 3 is 2.74 bits per heavy atom. The SMILES string of the molecule is COc1ccc(Cl)cc1CNc1ccc(F)cc1Br. The maximum Gasteiger partial charge on any atom is 0.124 e. The number of hydrogen-bond donors (Lipinski definition) is 1. The summed E-state index contributed by atoms with van der Waals surface area (Å²) in [6.45, 7) is 0.536. The van der Waals surface area contributed by atoms with E-state index in [1.54, 1.807) is 19.2 Å². The van der Waals surface area contributed by atoms with Crippen LogP contribution in [0.1, 0.15) is 5.56 Å². The third kappa shape index (κ3) is 3.61. The molecule has 0 aliphatic carbocycles. The van der Waals surface area contributed by atoms with Crippen LogP contribution in [-0.4, -0.2) is 7.11 Å². The fourth-order valence-electron chi connectivity index (χ4n) is 1.71. The third-order valence-electron chi connectivity index (χ3n) is 2.64. The van der Waals surface area contributed by atoms with E-state index >= 15 is 0 Å². The van der Waals surface area contributed by atoms with E-state index in [-0.39, 0.29) is 5.82 Å². The van der Waals surface area contributed by atoms with Crippen LogP contribution in [0.15, 0.2) is 40.9 Å². The Balaban J connectivity index is 2.16. The van der Waals surface area contributed by atoms with Gasteiger partial charge in [-0.05, 0) is 52.3 Å². The Bertz CT molecular complexity index is 592. The van der Waals surface area contributed by atoms with E-state index in [0.717, 1.165) is 17.0 Å². The van der Waals surface area contributed by atoms with E-state index in [4.69, 9.17) is 16.3 Å². The summed E-state index contributed by atoms with van der Waals surface area (Å²) in [5.74, 6) is 0.480. The predicted molar refractivity (Wildman–Crippen MR) is 79.4 cm³/mol. The van der Waals surface area contributed by atoms with Crippen molar-refractivity contribution in [2.45, 2.75) is 6.54 Å². The highest BCUT2D eigenvalue weighted by atomic mass is 79.9. The van der Waals surface area contributed by atoms with Crippen molar-refractivity contribution in [2.75, 3.05) is 12.4 Å². The molecule has 2 aromatic carbocycles. The second kappa shape index (κ2) is 6.26. The molecule has 0 saturated carbocycles. The first-order chi connectivity index (χ1) is 9.10. The molecule has 5 heteroatoms. The van der Waals surface area contributed by atoms with E-state index < -0.39 is 0 Å². The van der Waals surface area contributed by atoms with Crippen LogP contribution < -0.4 is 10.1 Å². The normalized spacial score (nSPS) is 10.3. The van der Waals surface area contributed by atoms with Gasteiger partial charge in [0.25, 0.3) is 0 Å². The molecular weight excluding hydrogens is 333 g/mol. The molecule has 1 N–H and O–H groups in total. The molecule has 0 aromatic heterocycles. The van der Waals surface area contributed by atoms with Gasteiger partial charge in [-0.3, -0.25) is 0 Å². The molecule has 0 atom stereocenters. The minimum Gasteiger partial charge on any atom is -0.496 e. The highest BCUT2D eigenvalue weighted by Gasteiger charge is 2.06. The van der Waals surface area contributed by atoms with Gasteiger partial charge >= 0.3 is 0 Å². The molecule has 0 fully saturated rings. The van der Waals surface area contributed by atoms with E-state index in [9.17, 15) is 4.39 Å². The minimum absolute atomic E-state index is 0.280. The topological polar surface area (TPSA) is 21.3 Å². The van der Waals surface area contributed by atoms with Crippen LogP contribution in [0.5, 0.6) is 5.75 Å². The van der Waals surface area contributed by atoms with Crippen molar-refractivity contribution in [2.24, 2.45) is 0 Å². The highest BCUT2D eigenvalue weighted by molar-refractivity contribution is 9.10. The zero-order valence-corrected chi connectivity index (χ0v) is 12.6. The number of benzene rings is 2. The zero-order valence-electron chi connectivity index (χ0n) is 10.2. The van der Waals surface area contributed by atoms with Gasteiger partial charge in [0.05, 0.1) is 7.11 Å². The fraction of sp³-hybridized carbons (Fsp3) is 0.143. The summed E-state index contributed by atoms with van der Waals surface area (Å²) in [6, 6.07) is 9.93. The smallest absolute Gasteiger partial charge is 0.124 e. The minimum atomic E-state index is -0.280. The molecule has 100 valence electrons. The van der Waals surface area contributed by atoms with Crippen molar-refractivity contribution in [3.63, 3.8) is 0 Å². The van der Waals surface area contributed by atoms with Crippen LogP contribution >= 0.6 is 27.5 Å². The van der Waals surface area contributed by atoms with Gasteiger partial charge in [0, 0.05) is 27.3 Å². The monoisotopic (exact) mass is 343 g/mol. The number of anilines is 1. The second-order valence-corrected chi connectivity index (χ2v) is 5.22. The largest absolute Gasteiger partial charge is 0.496 e. The molecule has 0 radical (unpaired) electrons. The van der Waals surface area contributed by atoms with Crippen LogP contribution in [0.2, 0.25) is 5.02 Å². The Labute approximate surface area is 124 Å². The summed E-state index contributed by atoms with van der Waals surface area (Å²) in [7, 11) is 1.61. The molecule has 0 heterocycles. The van der Waals surface area contributed by atoms with Gasteiger partial charge in [0.2, 0.25) is 0 Å². The van der Waals surface area contributed by atoms with Crippen molar-refractivity contribution < 1.29 is 9.13 Å². The lowest BCUT2D eigenvalue weighted by Gasteiger charge is -2.12. The standard InChI is InChI=1S/C14H12BrClFNO/c1-19-14-5-2-10(16)6-9(14)8-18-13-4-3-11(17)7-12(13)15/h2-7,18H,8H2,1H3. The lowest BCUT2D eigenvalue weighted by molar-refractivity contribution is 0.410. The number of halogens is 3. The van der Waals surface area contributed by atoms with E-state index in [1.807, 2.05) is 12.1 Å². The van der Waals surface area contributed by atoms with E-state index in [1.165, 1.54) is 12.1 Å². The highest BCUT2D eigenvalue weighted by Crippen LogP contribution is 2.26. The average Bonchev–Trinajstić information content (AvgIpc) is 2.38. The number of rotatable bonds is 4. The zero-order chi connectivity index (χ0) is 13.8. The van der Waals surface area contributed by atoms with Crippen molar-refractivity contribution in [1.82, 2.24) is 0 Å². The van der Waals surface area contributed by atoms with Crippen LogP contribution in [0.25, 0.3) is 0 Å². The van der Waals surface area contributed by atoms with Gasteiger partial charge in [0.15, 0.2) is 0 Å². The van der Waals surface area contributed by atoms with Crippen molar-refractivity contribution in [3.05, 3.63) is 57.3 Å². The first-order valence-corrected chi connectivity index (χ1v) is 6.78. The quantitative estimate of drug-likeness (QED) is 0.855. The maximum absolute atomic E-state index is 13.0. The molecule has 0 amide bonds. The van der Waals surface area contributed by atoms with Gasteiger partial charge in [-0.15, -0.1) is 0 Å². The van der Waals surface area contributed by atoms with Gasteiger partial charge < -0.3 is 10.1 Å². The molecule has 2 nitrogen and oxygen atoms in total. The first-order valence-electron chi connectivity index (χ1n) is 5.61. The summed E-state index contributed by atoms with van der Waals surface area (Å²) in [4.78, 5) is 0. The third-order valence-corrected chi connectivity index (χ3v) is 3.53. The number of hydrogen-bond acceptors (Lipinski definition) is 2. The number of methoxy groups -OCH3 is 1. The van der Waals surface area contributed by atoms with Crippen molar-refractivity contribution >= 4 is 33.2 Å². The van der Waals surface area contributed by atoms with Crippen molar-refractivity contribution in [1.29, 1.82) is 0 Å². The Morgan fingerprint density at radius 1 is 1.26 bits per heavy atom. The average molecular weight is 345 g/mol. The van der Waals surface area contributed by atoms with Crippen molar-refractivity contribution in [3.8, 4) is 5.75 Å². The summed E-state index contributed by atoms with van der Waals surface area (Å²) in [6.07, 6.45) is 0. The summed E-state index contributed by atoms with van der Waals surface area (Å²) >= 11 is 9.28. The predicted octanol–water partition coefficient (Wildman–Crippen LogP) is 4.86. The van der Waals surface area contributed by atoms with Crippen LogP contribution in [0.3, 0.4) is 0 Å². The molecule has 0 unspecified atom stereocenters. The van der Waals surface area contributed by atoms with Gasteiger partial charge in [-0.25, -0.2) is 4.39 Å². The van der Waals surface area contributed by atoms with Crippen LogP contribution in [-0.2, 0) is 6.54 Å². The second-order valence-electron chi connectivity index (χ2n) is 3.93. The van der Waals surface area contributed by atoms with Gasteiger partial charge in [-0.1, -0.05) is 11.6 Å². The van der Waals surface area contributed by atoms with Crippen LogP contribution in [0, 0.1) is 5.82 Å². The van der Waals surface area contributed by atoms with Crippen LogP contribution in [0.4, 0.5) is 10.1 Å². The molecule has 0 spiro atoms. The molecular formula is C14H12BrClFNO. The lowest BCUT2D eigenvalue weighted by atomic mass is 10.2. The fourth-order valence-corrected chi connectivity index (χ4v) is 2.39. The van der Waals surface area contributed by atoms with E-state index in [0.29, 0.717) is 16.0 Å². The molecule has 19 heavy (non-hydrogen) atoms. The molecule has 0 aliphatic rings. The molecule has 2 rings (SSSR count). The van der Waals surface area contributed by atoms with Gasteiger partial charge in [-0.2, -0.15) is 0 Å². The first kappa shape index (κ1) is 14.2. The Hall–Kier alpha value is -1.26.